The van der Waals surface area contributed by atoms with Crippen molar-refractivity contribution < 1.29 is 8.42 Å². The summed E-state index contributed by atoms with van der Waals surface area (Å²) in [6, 6.07) is 13.2. The van der Waals surface area contributed by atoms with Crippen LogP contribution in [0.25, 0.3) is 10.9 Å². The highest BCUT2D eigenvalue weighted by Gasteiger charge is 2.17. The van der Waals surface area contributed by atoms with Gasteiger partial charge in [0.15, 0.2) is 0 Å². The summed E-state index contributed by atoms with van der Waals surface area (Å²) in [6.07, 6.45) is 3.04. The van der Waals surface area contributed by atoms with Crippen LogP contribution in [-0.4, -0.2) is 18.4 Å². The van der Waals surface area contributed by atoms with Gasteiger partial charge in [-0.25, -0.2) is 18.4 Å². The highest BCUT2D eigenvalue weighted by Crippen LogP contribution is 2.23. The molecule has 0 atom stereocenters. The summed E-state index contributed by atoms with van der Waals surface area (Å²) >= 11 is 0. The molecule has 2 aromatic carbocycles. The Balaban J connectivity index is 2.19. The van der Waals surface area contributed by atoms with Gasteiger partial charge in [0.1, 0.15) is 6.33 Å². The molecule has 0 aliphatic carbocycles. The second-order valence-electron chi connectivity index (χ2n) is 4.06. The van der Waals surface area contributed by atoms with Gasteiger partial charge in [-0.15, -0.1) is 0 Å². The number of rotatable bonds is 2. The van der Waals surface area contributed by atoms with Crippen LogP contribution in [-0.2, 0) is 9.84 Å². The molecule has 0 amide bonds. The largest absolute Gasteiger partial charge is 0.244 e. The molecule has 0 aliphatic rings. The van der Waals surface area contributed by atoms with E-state index in [0.29, 0.717) is 5.39 Å². The van der Waals surface area contributed by atoms with E-state index >= 15 is 0 Å². The maximum absolute atomic E-state index is 12.4. The van der Waals surface area contributed by atoms with E-state index in [-0.39, 0.29) is 9.79 Å². The Morgan fingerprint density at radius 2 is 1.68 bits per heavy atom. The number of fused-ring (bicyclic) bond motifs is 1. The van der Waals surface area contributed by atoms with Crippen molar-refractivity contribution in [2.24, 2.45) is 0 Å². The average Bonchev–Trinajstić information content (AvgIpc) is 2.47. The molecule has 0 radical (unpaired) electrons. The van der Waals surface area contributed by atoms with Gasteiger partial charge in [0.05, 0.1) is 15.3 Å². The standard InChI is InChI=1S/C14H10N2O2S/c17-19(18,12-4-2-1-3-5-12)13-6-7-14-11(8-13)9-15-10-16-14/h1-10H. The van der Waals surface area contributed by atoms with Gasteiger partial charge in [-0.05, 0) is 30.3 Å². The molecule has 0 fully saturated rings. The maximum atomic E-state index is 12.4. The number of hydrogen-bond donors (Lipinski definition) is 0. The molecule has 0 N–H and O–H groups in total. The third-order valence-electron chi connectivity index (χ3n) is 2.84. The molecule has 94 valence electrons. The van der Waals surface area contributed by atoms with Gasteiger partial charge in [-0.1, -0.05) is 18.2 Å². The molecule has 4 nitrogen and oxygen atoms in total. The monoisotopic (exact) mass is 270 g/mol. The number of hydrogen-bond acceptors (Lipinski definition) is 4. The summed E-state index contributed by atoms with van der Waals surface area (Å²) in [5.41, 5.74) is 0.724. The van der Waals surface area contributed by atoms with E-state index in [9.17, 15) is 8.42 Å². The average molecular weight is 270 g/mol. The Hall–Kier alpha value is -2.27. The van der Waals surface area contributed by atoms with Gasteiger partial charge in [0, 0.05) is 11.6 Å². The third kappa shape index (κ3) is 2.08. The third-order valence-corrected chi connectivity index (χ3v) is 4.61. The van der Waals surface area contributed by atoms with Crippen molar-refractivity contribution in [3.63, 3.8) is 0 Å². The predicted molar refractivity (Wildman–Crippen MR) is 71.4 cm³/mol. The Morgan fingerprint density at radius 1 is 0.895 bits per heavy atom. The van der Waals surface area contributed by atoms with Crippen molar-refractivity contribution in [1.82, 2.24) is 9.97 Å². The molecule has 5 heteroatoms. The topological polar surface area (TPSA) is 59.9 Å². The molecule has 1 heterocycles. The number of aromatic nitrogens is 2. The maximum Gasteiger partial charge on any atom is 0.206 e. The first-order valence-corrected chi connectivity index (χ1v) is 7.16. The number of nitrogens with zero attached hydrogens (tertiary/aromatic N) is 2. The van der Waals surface area contributed by atoms with Crippen molar-refractivity contribution in [2.45, 2.75) is 9.79 Å². The molecule has 0 aliphatic heterocycles. The predicted octanol–water partition coefficient (Wildman–Crippen LogP) is 2.46. The fourth-order valence-electron chi connectivity index (χ4n) is 1.87. The second-order valence-corrected chi connectivity index (χ2v) is 6.01. The van der Waals surface area contributed by atoms with Crippen LogP contribution in [0.3, 0.4) is 0 Å². The minimum absolute atomic E-state index is 0.251. The van der Waals surface area contributed by atoms with E-state index in [0.717, 1.165) is 5.52 Å². The van der Waals surface area contributed by atoms with Crippen LogP contribution in [0.15, 0.2) is 70.8 Å². The van der Waals surface area contributed by atoms with Crippen molar-refractivity contribution in [3.05, 3.63) is 61.1 Å². The molecular weight excluding hydrogens is 260 g/mol. The lowest BCUT2D eigenvalue weighted by molar-refractivity contribution is 0.596. The first kappa shape index (κ1) is 11.8. The van der Waals surface area contributed by atoms with Crippen LogP contribution in [0, 0.1) is 0 Å². The first-order valence-electron chi connectivity index (χ1n) is 5.68. The highest BCUT2D eigenvalue weighted by atomic mass is 32.2. The summed E-state index contributed by atoms with van der Waals surface area (Å²) in [5.74, 6) is 0. The van der Waals surface area contributed by atoms with Crippen molar-refractivity contribution in [1.29, 1.82) is 0 Å². The lowest BCUT2D eigenvalue weighted by Crippen LogP contribution is -2.01. The van der Waals surface area contributed by atoms with Gasteiger partial charge in [0.25, 0.3) is 0 Å². The molecule has 3 rings (SSSR count). The molecule has 0 bridgehead atoms. The Labute approximate surface area is 110 Å². The molecule has 1 aromatic heterocycles. The summed E-state index contributed by atoms with van der Waals surface area (Å²) in [6.45, 7) is 0. The number of sulfone groups is 1. The van der Waals surface area contributed by atoms with Crippen molar-refractivity contribution in [3.8, 4) is 0 Å². The van der Waals surface area contributed by atoms with E-state index in [1.807, 2.05) is 0 Å². The van der Waals surface area contributed by atoms with E-state index in [4.69, 9.17) is 0 Å². The zero-order chi connectivity index (χ0) is 13.3. The molecule has 3 aromatic rings. The van der Waals surface area contributed by atoms with Crippen LogP contribution in [0.5, 0.6) is 0 Å². The fourth-order valence-corrected chi connectivity index (χ4v) is 3.18. The smallest absolute Gasteiger partial charge is 0.206 e. The summed E-state index contributed by atoms with van der Waals surface area (Å²) in [4.78, 5) is 8.51. The zero-order valence-electron chi connectivity index (χ0n) is 9.89. The normalized spacial score (nSPS) is 11.6. The molecular formula is C14H10N2O2S. The number of benzene rings is 2. The van der Waals surface area contributed by atoms with E-state index < -0.39 is 9.84 Å². The van der Waals surface area contributed by atoms with Crippen molar-refractivity contribution >= 4 is 20.7 Å². The first-order chi connectivity index (χ1) is 9.18. The van der Waals surface area contributed by atoms with Crippen LogP contribution in [0.4, 0.5) is 0 Å². The molecule has 0 unspecified atom stereocenters. The van der Waals surface area contributed by atoms with Crippen LogP contribution in [0.2, 0.25) is 0 Å². The molecule has 0 saturated carbocycles. The van der Waals surface area contributed by atoms with Crippen molar-refractivity contribution in [2.75, 3.05) is 0 Å². The second kappa shape index (κ2) is 4.44. The molecule has 19 heavy (non-hydrogen) atoms. The van der Waals surface area contributed by atoms with E-state index in [2.05, 4.69) is 9.97 Å². The fraction of sp³-hybridized carbons (Fsp3) is 0. The van der Waals surface area contributed by atoms with Gasteiger partial charge in [0.2, 0.25) is 9.84 Å². The van der Waals surface area contributed by atoms with Crippen LogP contribution < -0.4 is 0 Å². The Bertz CT molecular complexity index is 830. The summed E-state index contributed by atoms with van der Waals surface area (Å²) in [7, 11) is -3.49. The Morgan fingerprint density at radius 3 is 2.47 bits per heavy atom. The van der Waals surface area contributed by atoms with E-state index in [1.54, 1.807) is 54.7 Å². The lowest BCUT2D eigenvalue weighted by Gasteiger charge is -2.05. The van der Waals surface area contributed by atoms with Gasteiger partial charge in [-0.3, -0.25) is 0 Å². The SMILES string of the molecule is O=S(=O)(c1ccccc1)c1ccc2ncncc2c1. The Kier molecular flexibility index (Phi) is 2.76. The van der Waals surface area contributed by atoms with E-state index in [1.165, 1.54) is 6.33 Å². The molecule has 0 saturated heterocycles. The minimum Gasteiger partial charge on any atom is -0.244 e. The highest BCUT2D eigenvalue weighted by molar-refractivity contribution is 7.91. The minimum atomic E-state index is -3.49. The lowest BCUT2D eigenvalue weighted by atomic mass is 10.2. The van der Waals surface area contributed by atoms with Crippen LogP contribution in [0.1, 0.15) is 0 Å². The van der Waals surface area contributed by atoms with Crippen LogP contribution >= 0.6 is 0 Å². The van der Waals surface area contributed by atoms with Gasteiger partial charge in [-0.2, -0.15) is 0 Å². The van der Waals surface area contributed by atoms with Gasteiger partial charge < -0.3 is 0 Å². The quantitative estimate of drug-likeness (QED) is 0.717. The van der Waals surface area contributed by atoms with Gasteiger partial charge >= 0.3 is 0 Å². The summed E-state index contributed by atoms with van der Waals surface area (Å²) in [5, 5.41) is 0.708. The summed E-state index contributed by atoms with van der Waals surface area (Å²) < 4.78 is 24.9. The zero-order valence-corrected chi connectivity index (χ0v) is 10.7. The molecule has 0 spiro atoms.